The number of phenolic OH excluding ortho intramolecular Hbond substituents is 2. The van der Waals surface area contributed by atoms with Crippen LogP contribution in [-0.2, 0) is 4.74 Å². The summed E-state index contributed by atoms with van der Waals surface area (Å²) in [5, 5.41) is 18.6. The maximum atomic E-state index is 9.42. The standard InChI is InChI=1S/C13H20O3/c1-9(2)4-7-13(16-3)10-5-6-11(14)12(15)8-10/h5-6,8-9,13-15H,4,7H2,1-3H3/t13-/m0/s1. The van der Waals surface area contributed by atoms with E-state index in [1.54, 1.807) is 19.2 Å². The molecule has 0 aliphatic heterocycles. The molecule has 0 heterocycles. The Morgan fingerprint density at radius 3 is 2.31 bits per heavy atom. The lowest BCUT2D eigenvalue weighted by atomic mass is 9.99. The van der Waals surface area contributed by atoms with E-state index in [1.807, 2.05) is 0 Å². The first kappa shape index (κ1) is 12.8. The predicted molar refractivity (Wildman–Crippen MR) is 63.6 cm³/mol. The first-order valence-corrected chi connectivity index (χ1v) is 5.59. The van der Waals surface area contributed by atoms with Crippen LogP contribution in [0.25, 0.3) is 0 Å². The number of aromatic hydroxyl groups is 2. The molecule has 16 heavy (non-hydrogen) atoms. The second kappa shape index (κ2) is 5.75. The van der Waals surface area contributed by atoms with E-state index in [0.29, 0.717) is 5.92 Å². The van der Waals surface area contributed by atoms with E-state index >= 15 is 0 Å². The number of ether oxygens (including phenoxy) is 1. The number of benzene rings is 1. The number of hydrogen-bond acceptors (Lipinski definition) is 3. The maximum absolute atomic E-state index is 9.42. The molecule has 1 aromatic rings. The van der Waals surface area contributed by atoms with Gasteiger partial charge in [0.25, 0.3) is 0 Å². The van der Waals surface area contributed by atoms with Gasteiger partial charge in [0.05, 0.1) is 6.10 Å². The van der Waals surface area contributed by atoms with E-state index < -0.39 is 0 Å². The van der Waals surface area contributed by atoms with E-state index in [-0.39, 0.29) is 17.6 Å². The highest BCUT2D eigenvalue weighted by Crippen LogP contribution is 2.31. The molecule has 1 atom stereocenters. The van der Waals surface area contributed by atoms with Crippen LogP contribution < -0.4 is 0 Å². The van der Waals surface area contributed by atoms with Crippen molar-refractivity contribution < 1.29 is 14.9 Å². The average molecular weight is 224 g/mol. The minimum atomic E-state index is -0.0949. The normalized spacial score (nSPS) is 13.0. The lowest BCUT2D eigenvalue weighted by Crippen LogP contribution is -2.03. The van der Waals surface area contributed by atoms with Gasteiger partial charge in [0.1, 0.15) is 0 Å². The number of methoxy groups -OCH3 is 1. The van der Waals surface area contributed by atoms with Gasteiger partial charge in [-0.3, -0.25) is 0 Å². The van der Waals surface area contributed by atoms with Crippen molar-refractivity contribution in [3.05, 3.63) is 23.8 Å². The second-order valence-corrected chi connectivity index (χ2v) is 4.44. The van der Waals surface area contributed by atoms with Crippen molar-refractivity contribution in [3.63, 3.8) is 0 Å². The van der Waals surface area contributed by atoms with Crippen LogP contribution >= 0.6 is 0 Å². The van der Waals surface area contributed by atoms with Crippen molar-refractivity contribution in [2.45, 2.75) is 32.8 Å². The summed E-state index contributed by atoms with van der Waals surface area (Å²) in [5.74, 6) is 0.440. The largest absolute Gasteiger partial charge is 0.504 e. The molecule has 0 aromatic heterocycles. The third-order valence-corrected chi connectivity index (χ3v) is 2.66. The van der Waals surface area contributed by atoms with Gasteiger partial charge < -0.3 is 14.9 Å². The highest BCUT2D eigenvalue weighted by molar-refractivity contribution is 5.41. The minimum Gasteiger partial charge on any atom is -0.504 e. The quantitative estimate of drug-likeness (QED) is 0.755. The van der Waals surface area contributed by atoms with E-state index in [9.17, 15) is 10.2 Å². The molecule has 2 N–H and O–H groups in total. The van der Waals surface area contributed by atoms with Crippen molar-refractivity contribution in [3.8, 4) is 11.5 Å². The minimum absolute atomic E-state index is 0.0195. The molecule has 0 amide bonds. The summed E-state index contributed by atoms with van der Waals surface area (Å²) in [7, 11) is 1.66. The van der Waals surface area contributed by atoms with Crippen molar-refractivity contribution in [2.75, 3.05) is 7.11 Å². The highest BCUT2D eigenvalue weighted by atomic mass is 16.5. The molecule has 90 valence electrons. The molecule has 0 bridgehead atoms. The average Bonchev–Trinajstić information content (AvgIpc) is 2.23. The van der Waals surface area contributed by atoms with Gasteiger partial charge in [-0.05, 0) is 36.5 Å². The molecule has 0 radical (unpaired) electrons. The number of phenols is 2. The Balaban J connectivity index is 2.74. The first-order valence-electron chi connectivity index (χ1n) is 5.59. The summed E-state index contributed by atoms with van der Waals surface area (Å²) in [6.07, 6.45) is 1.97. The Morgan fingerprint density at radius 2 is 1.81 bits per heavy atom. The Morgan fingerprint density at radius 1 is 1.12 bits per heavy atom. The molecule has 3 nitrogen and oxygen atoms in total. The van der Waals surface area contributed by atoms with E-state index in [0.717, 1.165) is 18.4 Å². The SMILES string of the molecule is CO[C@@H](CCC(C)C)c1ccc(O)c(O)c1. The molecular formula is C13H20O3. The predicted octanol–water partition coefficient (Wildman–Crippen LogP) is 3.22. The Kier molecular flexibility index (Phi) is 4.62. The molecule has 3 heteroatoms. The van der Waals surface area contributed by atoms with Crippen LogP contribution in [0, 0.1) is 5.92 Å². The maximum Gasteiger partial charge on any atom is 0.157 e. The van der Waals surface area contributed by atoms with Gasteiger partial charge in [-0.15, -0.1) is 0 Å². The zero-order valence-electron chi connectivity index (χ0n) is 10.1. The summed E-state index contributed by atoms with van der Waals surface area (Å²) in [4.78, 5) is 0. The lowest BCUT2D eigenvalue weighted by molar-refractivity contribution is 0.0903. The van der Waals surface area contributed by atoms with Gasteiger partial charge in [-0.1, -0.05) is 19.9 Å². The van der Waals surface area contributed by atoms with Crippen LogP contribution in [0.4, 0.5) is 0 Å². The molecule has 0 saturated carbocycles. The van der Waals surface area contributed by atoms with Crippen molar-refractivity contribution in [1.29, 1.82) is 0 Å². The highest BCUT2D eigenvalue weighted by Gasteiger charge is 2.13. The smallest absolute Gasteiger partial charge is 0.157 e. The topological polar surface area (TPSA) is 49.7 Å². The summed E-state index contributed by atoms with van der Waals surface area (Å²) in [5.41, 5.74) is 0.901. The van der Waals surface area contributed by atoms with Crippen LogP contribution in [0.2, 0.25) is 0 Å². The van der Waals surface area contributed by atoms with E-state index in [2.05, 4.69) is 13.8 Å². The van der Waals surface area contributed by atoms with Gasteiger partial charge >= 0.3 is 0 Å². The van der Waals surface area contributed by atoms with Gasteiger partial charge in [0.2, 0.25) is 0 Å². The van der Waals surface area contributed by atoms with E-state index in [1.165, 1.54) is 6.07 Å². The summed E-state index contributed by atoms with van der Waals surface area (Å²) in [6, 6.07) is 4.83. The molecule has 0 aliphatic carbocycles. The second-order valence-electron chi connectivity index (χ2n) is 4.44. The van der Waals surface area contributed by atoms with Gasteiger partial charge in [0, 0.05) is 7.11 Å². The molecule has 1 aromatic carbocycles. The van der Waals surface area contributed by atoms with Gasteiger partial charge in [-0.25, -0.2) is 0 Å². The zero-order chi connectivity index (χ0) is 12.1. The summed E-state index contributed by atoms with van der Waals surface area (Å²) >= 11 is 0. The van der Waals surface area contributed by atoms with Gasteiger partial charge in [0.15, 0.2) is 11.5 Å². The van der Waals surface area contributed by atoms with Crippen molar-refractivity contribution >= 4 is 0 Å². The fourth-order valence-corrected chi connectivity index (χ4v) is 1.65. The van der Waals surface area contributed by atoms with Crippen LogP contribution in [-0.4, -0.2) is 17.3 Å². The molecular weight excluding hydrogens is 204 g/mol. The van der Waals surface area contributed by atoms with Crippen molar-refractivity contribution in [1.82, 2.24) is 0 Å². The molecule has 1 rings (SSSR count). The Labute approximate surface area is 96.7 Å². The molecule has 0 saturated heterocycles. The monoisotopic (exact) mass is 224 g/mol. The number of hydrogen-bond donors (Lipinski definition) is 2. The Hall–Kier alpha value is -1.22. The summed E-state index contributed by atoms with van der Waals surface area (Å²) < 4.78 is 5.39. The van der Waals surface area contributed by atoms with Crippen LogP contribution in [0.5, 0.6) is 11.5 Å². The first-order chi connectivity index (χ1) is 7.54. The van der Waals surface area contributed by atoms with E-state index in [4.69, 9.17) is 4.74 Å². The third-order valence-electron chi connectivity index (χ3n) is 2.66. The fraction of sp³-hybridized carbons (Fsp3) is 0.538. The van der Waals surface area contributed by atoms with Crippen LogP contribution in [0.3, 0.4) is 0 Å². The Bertz CT molecular complexity index is 334. The molecule has 0 fully saturated rings. The third kappa shape index (κ3) is 3.42. The van der Waals surface area contributed by atoms with Crippen LogP contribution in [0.15, 0.2) is 18.2 Å². The van der Waals surface area contributed by atoms with Crippen molar-refractivity contribution in [2.24, 2.45) is 5.92 Å². The van der Waals surface area contributed by atoms with Gasteiger partial charge in [-0.2, -0.15) is 0 Å². The molecule has 0 unspecified atom stereocenters. The molecule has 0 spiro atoms. The molecule has 0 aliphatic rings. The summed E-state index contributed by atoms with van der Waals surface area (Å²) in [6.45, 7) is 4.34. The fourth-order valence-electron chi connectivity index (χ4n) is 1.65. The number of rotatable bonds is 5. The van der Waals surface area contributed by atoms with Crippen LogP contribution in [0.1, 0.15) is 38.4 Å². The zero-order valence-corrected chi connectivity index (χ0v) is 10.1. The lowest BCUT2D eigenvalue weighted by Gasteiger charge is -2.17.